The molecule has 2 heterocycles. The molecule has 0 unspecified atom stereocenters. The summed E-state index contributed by atoms with van der Waals surface area (Å²) in [6.07, 6.45) is 1.76. The Kier molecular flexibility index (Phi) is 4.07. The quantitative estimate of drug-likeness (QED) is 0.853. The van der Waals surface area contributed by atoms with Crippen molar-refractivity contribution in [3.8, 4) is 0 Å². The molecule has 104 valence electrons. The number of nitrogens with zero attached hydrogens (tertiary/aromatic N) is 3. The SMILES string of the molecule is O=C(O)N1CCN(S(=O)(=O)c2cncc(Br)c2)CC1. The summed E-state index contributed by atoms with van der Waals surface area (Å²) in [5.41, 5.74) is 0. The van der Waals surface area contributed by atoms with Gasteiger partial charge in [0.15, 0.2) is 0 Å². The molecule has 0 radical (unpaired) electrons. The first-order chi connectivity index (χ1) is 8.91. The maximum Gasteiger partial charge on any atom is 0.407 e. The Morgan fingerprint density at radius 2 is 1.89 bits per heavy atom. The van der Waals surface area contributed by atoms with Crippen LogP contribution < -0.4 is 0 Å². The summed E-state index contributed by atoms with van der Waals surface area (Å²) in [4.78, 5) is 15.9. The minimum Gasteiger partial charge on any atom is -0.465 e. The zero-order chi connectivity index (χ0) is 14.0. The molecule has 1 aromatic rings. The van der Waals surface area contributed by atoms with E-state index in [1.54, 1.807) is 0 Å². The molecular weight excluding hydrogens is 338 g/mol. The Labute approximate surface area is 119 Å². The molecule has 0 atom stereocenters. The number of hydrogen-bond acceptors (Lipinski definition) is 4. The number of rotatable bonds is 2. The van der Waals surface area contributed by atoms with Gasteiger partial charge in [-0.05, 0) is 22.0 Å². The largest absolute Gasteiger partial charge is 0.465 e. The lowest BCUT2D eigenvalue weighted by atomic mass is 10.4. The van der Waals surface area contributed by atoms with Crippen LogP contribution in [0.4, 0.5) is 4.79 Å². The van der Waals surface area contributed by atoms with Crippen molar-refractivity contribution in [2.75, 3.05) is 26.2 Å². The third-order valence-electron chi connectivity index (χ3n) is 2.83. The summed E-state index contributed by atoms with van der Waals surface area (Å²) in [5, 5.41) is 8.82. The fraction of sp³-hybridized carbons (Fsp3) is 0.400. The molecule has 2 rings (SSSR count). The second-order valence-corrected chi connectivity index (χ2v) is 6.87. The molecular formula is C10H12BrN3O4S. The zero-order valence-corrected chi connectivity index (χ0v) is 12.3. The summed E-state index contributed by atoms with van der Waals surface area (Å²) < 4.78 is 26.5. The number of amides is 1. The monoisotopic (exact) mass is 349 g/mol. The maximum atomic E-state index is 12.3. The number of halogens is 1. The Morgan fingerprint density at radius 1 is 1.26 bits per heavy atom. The van der Waals surface area contributed by atoms with Gasteiger partial charge in [-0.3, -0.25) is 4.98 Å². The highest BCUT2D eigenvalue weighted by molar-refractivity contribution is 9.10. The van der Waals surface area contributed by atoms with Gasteiger partial charge in [-0.25, -0.2) is 13.2 Å². The number of carbonyl (C=O) groups is 1. The highest BCUT2D eigenvalue weighted by atomic mass is 79.9. The van der Waals surface area contributed by atoms with Gasteiger partial charge in [-0.2, -0.15) is 4.31 Å². The van der Waals surface area contributed by atoms with Crippen LogP contribution in [0.25, 0.3) is 0 Å². The zero-order valence-electron chi connectivity index (χ0n) is 9.86. The average molecular weight is 350 g/mol. The summed E-state index contributed by atoms with van der Waals surface area (Å²) >= 11 is 3.18. The second-order valence-electron chi connectivity index (χ2n) is 4.01. The van der Waals surface area contributed by atoms with E-state index in [-0.39, 0.29) is 31.1 Å². The van der Waals surface area contributed by atoms with E-state index < -0.39 is 16.1 Å². The van der Waals surface area contributed by atoms with Gasteiger partial charge >= 0.3 is 6.09 Å². The van der Waals surface area contributed by atoms with Gasteiger partial charge in [0.2, 0.25) is 10.0 Å². The molecule has 1 aliphatic rings. The number of sulfonamides is 1. The summed E-state index contributed by atoms with van der Waals surface area (Å²) in [6, 6.07) is 1.48. The van der Waals surface area contributed by atoms with Crippen molar-refractivity contribution < 1.29 is 18.3 Å². The molecule has 1 aromatic heterocycles. The maximum absolute atomic E-state index is 12.3. The molecule has 1 amide bonds. The molecule has 0 aromatic carbocycles. The first kappa shape index (κ1) is 14.2. The van der Waals surface area contributed by atoms with E-state index in [9.17, 15) is 13.2 Å². The van der Waals surface area contributed by atoms with Crippen LogP contribution in [0.3, 0.4) is 0 Å². The summed E-state index contributed by atoms with van der Waals surface area (Å²) in [7, 11) is -3.61. The lowest BCUT2D eigenvalue weighted by Crippen LogP contribution is -2.50. The van der Waals surface area contributed by atoms with Crippen molar-refractivity contribution >= 4 is 32.0 Å². The van der Waals surface area contributed by atoms with Gasteiger partial charge in [0.1, 0.15) is 4.90 Å². The van der Waals surface area contributed by atoms with Gasteiger partial charge in [0.05, 0.1) is 0 Å². The third kappa shape index (κ3) is 3.04. The van der Waals surface area contributed by atoms with Crippen molar-refractivity contribution in [1.29, 1.82) is 0 Å². The van der Waals surface area contributed by atoms with E-state index >= 15 is 0 Å². The first-order valence-electron chi connectivity index (χ1n) is 5.50. The molecule has 0 bridgehead atoms. The average Bonchev–Trinajstić information content (AvgIpc) is 2.39. The van der Waals surface area contributed by atoms with Crippen molar-refractivity contribution in [1.82, 2.24) is 14.2 Å². The van der Waals surface area contributed by atoms with Crippen LogP contribution in [-0.2, 0) is 10.0 Å². The lowest BCUT2D eigenvalue weighted by Gasteiger charge is -2.32. The van der Waals surface area contributed by atoms with Crippen LogP contribution in [0, 0.1) is 0 Å². The van der Waals surface area contributed by atoms with Crippen molar-refractivity contribution in [2.24, 2.45) is 0 Å². The fourth-order valence-electron chi connectivity index (χ4n) is 1.80. The second kappa shape index (κ2) is 5.43. The van der Waals surface area contributed by atoms with Crippen molar-refractivity contribution in [3.05, 3.63) is 22.9 Å². The number of aromatic nitrogens is 1. The molecule has 19 heavy (non-hydrogen) atoms. The van der Waals surface area contributed by atoms with Crippen LogP contribution in [0.5, 0.6) is 0 Å². The standard InChI is InChI=1S/C10H12BrN3O4S/c11-8-5-9(7-12-6-8)19(17,18)14-3-1-13(2-4-14)10(15)16/h5-7H,1-4H2,(H,15,16). The van der Waals surface area contributed by atoms with E-state index in [1.807, 2.05) is 0 Å². The molecule has 1 aliphatic heterocycles. The predicted octanol–water partition coefficient (Wildman–Crippen LogP) is 0.828. The van der Waals surface area contributed by atoms with Crippen LogP contribution in [-0.4, -0.2) is 60.0 Å². The van der Waals surface area contributed by atoms with Crippen LogP contribution in [0.15, 0.2) is 27.8 Å². The van der Waals surface area contributed by atoms with Gasteiger partial charge in [-0.15, -0.1) is 0 Å². The fourth-order valence-corrected chi connectivity index (χ4v) is 3.73. The number of piperazine rings is 1. The normalized spacial score (nSPS) is 17.4. The molecule has 1 N–H and O–H groups in total. The van der Waals surface area contributed by atoms with Gasteiger partial charge < -0.3 is 10.0 Å². The molecule has 1 saturated heterocycles. The smallest absolute Gasteiger partial charge is 0.407 e. The highest BCUT2D eigenvalue weighted by Crippen LogP contribution is 2.19. The predicted molar refractivity (Wildman–Crippen MR) is 70.3 cm³/mol. The Balaban J connectivity index is 2.16. The summed E-state index contributed by atoms with van der Waals surface area (Å²) in [5.74, 6) is 0. The summed E-state index contributed by atoms with van der Waals surface area (Å²) in [6.45, 7) is 0.661. The minimum absolute atomic E-state index is 0.102. The van der Waals surface area contributed by atoms with Crippen LogP contribution >= 0.6 is 15.9 Å². The first-order valence-corrected chi connectivity index (χ1v) is 7.73. The molecule has 0 aliphatic carbocycles. The Bertz CT molecular complexity index is 584. The molecule has 9 heteroatoms. The number of hydrogen-bond donors (Lipinski definition) is 1. The lowest BCUT2D eigenvalue weighted by molar-refractivity contribution is 0.126. The Morgan fingerprint density at radius 3 is 2.42 bits per heavy atom. The number of carboxylic acid groups (broad SMARTS) is 1. The van der Waals surface area contributed by atoms with E-state index in [2.05, 4.69) is 20.9 Å². The van der Waals surface area contributed by atoms with E-state index in [1.165, 1.54) is 27.7 Å². The molecule has 7 nitrogen and oxygen atoms in total. The van der Waals surface area contributed by atoms with Crippen molar-refractivity contribution in [3.63, 3.8) is 0 Å². The van der Waals surface area contributed by atoms with E-state index in [0.717, 1.165) is 0 Å². The van der Waals surface area contributed by atoms with E-state index in [4.69, 9.17) is 5.11 Å². The van der Waals surface area contributed by atoms with Crippen molar-refractivity contribution in [2.45, 2.75) is 4.90 Å². The van der Waals surface area contributed by atoms with E-state index in [0.29, 0.717) is 4.47 Å². The molecule has 0 saturated carbocycles. The van der Waals surface area contributed by atoms with Crippen LogP contribution in [0.2, 0.25) is 0 Å². The topological polar surface area (TPSA) is 90.8 Å². The van der Waals surface area contributed by atoms with Gasteiger partial charge in [0.25, 0.3) is 0 Å². The van der Waals surface area contributed by atoms with Crippen LogP contribution in [0.1, 0.15) is 0 Å². The molecule has 0 spiro atoms. The molecule has 1 fully saturated rings. The third-order valence-corrected chi connectivity index (χ3v) is 5.12. The van der Waals surface area contributed by atoms with Gasteiger partial charge in [-0.1, -0.05) is 0 Å². The minimum atomic E-state index is -3.61. The Hall–Kier alpha value is -1.19. The highest BCUT2D eigenvalue weighted by Gasteiger charge is 2.30. The van der Waals surface area contributed by atoms with Gasteiger partial charge in [0, 0.05) is 43.0 Å². The number of pyridine rings is 1.